The summed E-state index contributed by atoms with van der Waals surface area (Å²) in [5, 5.41) is 0. The summed E-state index contributed by atoms with van der Waals surface area (Å²) in [5.74, 6) is 2.25. The topological polar surface area (TPSA) is 50.5 Å². The average Bonchev–Trinajstić information content (AvgIpc) is 2.98. The molecule has 2 heterocycles. The molecule has 1 aromatic heterocycles. The number of furan rings is 1. The Bertz CT molecular complexity index is 654. The first-order valence-corrected chi connectivity index (χ1v) is 5.30. The molecule has 0 fully saturated rings. The SMILES string of the molecule is O=C1c2ccccc2C(=O)N1C#Cc1ccco1. The van der Waals surface area contributed by atoms with Gasteiger partial charge in [0.2, 0.25) is 0 Å². The Morgan fingerprint density at radius 2 is 1.61 bits per heavy atom. The number of imide groups is 1. The van der Waals surface area contributed by atoms with E-state index in [2.05, 4.69) is 12.0 Å². The van der Waals surface area contributed by atoms with E-state index in [0.717, 1.165) is 4.90 Å². The molecule has 2 amide bonds. The number of carbonyl (C=O) groups excluding carboxylic acids is 2. The van der Waals surface area contributed by atoms with Gasteiger partial charge in [0, 0.05) is 6.04 Å². The van der Waals surface area contributed by atoms with E-state index >= 15 is 0 Å². The van der Waals surface area contributed by atoms with Gasteiger partial charge in [0.1, 0.15) is 0 Å². The van der Waals surface area contributed by atoms with Crippen LogP contribution >= 0.6 is 0 Å². The molecule has 0 bridgehead atoms. The van der Waals surface area contributed by atoms with Crippen LogP contribution in [0.25, 0.3) is 0 Å². The molecular formula is C14H7NO3. The minimum Gasteiger partial charge on any atom is -0.456 e. The van der Waals surface area contributed by atoms with Crippen molar-refractivity contribution in [2.75, 3.05) is 0 Å². The second kappa shape index (κ2) is 3.90. The van der Waals surface area contributed by atoms with E-state index in [1.807, 2.05) is 0 Å². The van der Waals surface area contributed by atoms with Crippen molar-refractivity contribution in [1.82, 2.24) is 4.90 Å². The maximum absolute atomic E-state index is 11.9. The van der Waals surface area contributed by atoms with E-state index in [4.69, 9.17) is 4.42 Å². The first kappa shape index (κ1) is 10.4. The van der Waals surface area contributed by atoms with Gasteiger partial charge in [-0.05, 0) is 30.2 Å². The summed E-state index contributed by atoms with van der Waals surface area (Å²) in [6.07, 6.45) is 1.48. The van der Waals surface area contributed by atoms with Crippen molar-refractivity contribution in [1.29, 1.82) is 0 Å². The second-order valence-corrected chi connectivity index (χ2v) is 3.71. The molecule has 1 aliphatic rings. The van der Waals surface area contributed by atoms with Crippen molar-refractivity contribution in [3.05, 3.63) is 59.5 Å². The molecule has 0 aliphatic carbocycles. The molecule has 86 valence electrons. The van der Waals surface area contributed by atoms with Crippen LogP contribution in [0.3, 0.4) is 0 Å². The Kier molecular flexibility index (Phi) is 2.24. The summed E-state index contributed by atoms with van der Waals surface area (Å²) in [7, 11) is 0. The van der Waals surface area contributed by atoms with Gasteiger partial charge in [0.25, 0.3) is 11.8 Å². The van der Waals surface area contributed by atoms with Crippen LogP contribution in [-0.2, 0) is 0 Å². The van der Waals surface area contributed by atoms with Crippen LogP contribution in [0.1, 0.15) is 26.5 Å². The summed E-state index contributed by atoms with van der Waals surface area (Å²) >= 11 is 0. The lowest BCUT2D eigenvalue weighted by Gasteiger charge is -2.01. The van der Waals surface area contributed by atoms with Crippen molar-refractivity contribution >= 4 is 11.8 Å². The highest BCUT2D eigenvalue weighted by atomic mass is 16.3. The predicted molar refractivity (Wildman–Crippen MR) is 62.5 cm³/mol. The molecular weight excluding hydrogens is 230 g/mol. The number of amides is 2. The monoisotopic (exact) mass is 237 g/mol. The standard InChI is InChI=1S/C14H7NO3/c16-13-11-5-1-2-6-12(11)14(17)15(13)8-7-10-4-3-9-18-10/h1-6,9H. The van der Waals surface area contributed by atoms with Crippen LogP contribution in [0.4, 0.5) is 0 Å². The predicted octanol–water partition coefficient (Wildman–Crippen LogP) is 1.88. The minimum absolute atomic E-state index is 0.385. The van der Waals surface area contributed by atoms with Gasteiger partial charge in [-0.15, -0.1) is 0 Å². The first-order valence-electron chi connectivity index (χ1n) is 5.30. The molecule has 18 heavy (non-hydrogen) atoms. The van der Waals surface area contributed by atoms with E-state index in [1.165, 1.54) is 6.26 Å². The van der Waals surface area contributed by atoms with E-state index in [0.29, 0.717) is 16.9 Å². The van der Waals surface area contributed by atoms with E-state index in [-0.39, 0.29) is 0 Å². The van der Waals surface area contributed by atoms with Gasteiger partial charge in [-0.25, -0.2) is 0 Å². The van der Waals surface area contributed by atoms with Crippen LogP contribution in [0.15, 0.2) is 47.1 Å². The quantitative estimate of drug-likeness (QED) is 0.519. The molecule has 0 atom stereocenters. The summed E-state index contributed by atoms with van der Waals surface area (Å²) < 4.78 is 5.02. The molecule has 0 unspecified atom stereocenters. The van der Waals surface area contributed by atoms with Gasteiger partial charge >= 0.3 is 0 Å². The molecule has 2 aromatic rings. The van der Waals surface area contributed by atoms with Gasteiger partial charge < -0.3 is 4.42 Å². The normalized spacial score (nSPS) is 13.2. The lowest BCUT2D eigenvalue weighted by Crippen LogP contribution is -2.24. The molecule has 3 rings (SSSR count). The van der Waals surface area contributed by atoms with Gasteiger partial charge in [0.05, 0.1) is 17.4 Å². The Hall–Kier alpha value is -2.80. The molecule has 0 N–H and O–H groups in total. The van der Waals surface area contributed by atoms with Gasteiger partial charge in [-0.3, -0.25) is 9.59 Å². The molecule has 4 heteroatoms. The maximum atomic E-state index is 11.9. The zero-order valence-corrected chi connectivity index (χ0v) is 9.21. The number of nitrogens with zero attached hydrogens (tertiary/aromatic N) is 1. The Labute approximate surface area is 103 Å². The Balaban J connectivity index is 1.98. The highest BCUT2D eigenvalue weighted by Gasteiger charge is 2.34. The van der Waals surface area contributed by atoms with Crippen molar-refractivity contribution in [2.45, 2.75) is 0 Å². The second-order valence-electron chi connectivity index (χ2n) is 3.71. The van der Waals surface area contributed by atoms with Crippen molar-refractivity contribution in [3.63, 3.8) is 0 Å². The van der Waals surface area contributed by atoms with Crippen LogP contribution < -0.4 is 0 Å². The smallest absolute Gasteiger partial charge is 0.273 e. The third-order valence-corrected chi connectivity index (χ3v) is 2.61. The summed E-state index contributed by atoms with van der Waals surface area (Å²) in [5.41, 5.74) is 0.771. The first-order chi connectivity index (χ1) is 8.77. The largest absolute Gasteiger partial charge is 0.456 e. The number of carbonyl (C=O) groups is 2. The fourth-order valence-corrected chi connectivity index (χ4v) is 1.75. The van der Waals surface area contributed by atoms with E-state index in [9.17, 15) is 9.59 Å². The number of hydrogen-bond acceptors (Lipinski definition) is 3. The van der Waals surface area contributed by atoms with Crippen LogP contribution in [-0.4, -0.2) is 16.7 Å². The minimum atomic E-state index is -0.394. The lowest BCUT2D eigenvalue weighted by atomic mass is 10.1. The fraction of sp³-hybridized carbons (Fsp3) is 0. The molecule has 0 saturated carbocycles. The molecule has 4 nitrogen and oxygen atoms in total. The average molecular weight is 237 g/mol. The summed E-state index contributed by atoms with van der Waals surface area (Å²) in [4.78, 5) is 24.8. The van der Waals surface area contributed by atoms with Crippen LogP contribution in [0.2, 0.25) is 0 Å². The highest BCUT2D eigenvalue weighted by molar-refractivity contribution is 6.22. The zero-order chi connectivity index (χ0) is 12.5. The van der Waals surface area contributed by atoms with E-state index in [1.54, 1.807) is 36.4 Å². The molecule has 0 radical (unpaired) electrons. The number of rotatable bonds is 0. The molecule has 0 saturated heterocycles. The number of hydrogen-bond donors (Lipinski definition) is 0. The fourth-order valence-electron chi connectivity index (χ4n) is 1.75. The summed E-state index contributed by atoms with van der Waals surface area (Å²) in [6.45, 7) is 0. The highest BCUT2D eigenvalue weighted by Crippen LogP contribution is 2.21. The van der Waals surface area contributed by atoms with Crippen LogP contribution in [0.5, 0.6) is 0 Å². The Morgan fingerprint density at radius 1 is 0.944 bits per heavy atom. The number of fused-ring (bicyclic) bond motifs is 1. The van der Waals surface area contributed by atoms with Crippen LogP contribution in [0, 0.1) is 12.0 Å². The van der Waals surface area contributed by atoms with Gasteiger partial charge in [-0.2, -0.15) is 4.90 Å². The third-order valence-electron chi connectivity index (χ3n) is 2.61. The van der Waals surface area contributed by atoms with Gasteiger partial charge in [-0.1, -0.05) is 12.1 Å². The molecule has 1 aromatic carbocycles. The zero-order valence-electron chi connectivity index (χ0n) is 9.21. The van der Waals surface area contributed by atoms with Gasteiger partial charge in [0.15, 0.2) is 5.76 Å². The number of benzene rings is 1. The van der Waals surface area contributed by atoms with Crippen molar-refractivity contribution in [2.24, 2.45) is 0 Å². The third kappa shape index (κ3) is 1.50. The Morgan fingerprint density at radius 3 is 2.17 bits per heavy atom. The van der Waals surface area contributed by atoms with Crippen molar-refractivity contribution in [3.8, 4) is 12.0 Å². The summed E-state index contributed by atoms with van der Waals surface area (Å²) in [6, 6.07) is 12.5. The molecule has 0 spiro atoms. The maximum Gasteiger partial charge on any atom is 0.273 e. The van der Waals surface area contributed by atoms with E-state index < -0.39 is 11.8 Å². The lowest BCUT2D eigenvalue weighted by molar-refractivity contribution is 0.0735. The molecule has 1 aliphatic heterocycles. The van der Waals surface area contributed by atoms with Crippen molar-refractivity contribution < 1.29 is 14.0 Å².